The smallest absolute Gasteiger partial charge is 0.327 e. The van der Waals surface area contributed by atoms with Gasteiger partial charge in [0.25, 0.3) is 15.7 Å². The number of rotatable bonds is 7. The Bertz CT molecular complexity index is 944. The Kier molecular flexibility index (Phi) is 6.76. The van der Waals surface area contributed by atoms with Crippen molar-refractivity contribution in [3.8, 4) is 0 Å². The lowest BCUT2D eigenvalue weighted by atomic mass is 10.3. The number of halogens is 1. The average Bonchev–Trinajstić information content (AvgIpc) is 2.60. The van der Waals surface area contributed by atoms with Gasteiger partial charge in [-0.2, -0.15) is 0 Å². The molecule has 0 aromatic heterocycles. The molecule has 10 heteroatoms. The van der Waals surface area contributed by atoms with Crippen molar-refractivity contribution in [1.82, 2.24) is 0 Å². The minimum Gasteiger partial charge on any atom is -0.462 e. The van der Waals surface area contributed by atoms with E-state index in [0.717, 1.165) is 13.9 Å². The van der Waals surface area contributed by atoms with Crippen molar-refractivity contribution in [1.29, 1.82) is 0 Å². The number of ether oxygens (including phenoxy) is 1. The predicted octanol–water partition coefficient (Wildman–Crippen LogP) is 3.35. The average molecular weight is 504 g/mol. The molecule has 144 valence electrons. The third-order valence-corrected chi connectivity index (χ3v) is 5.86. The zero-order chi connectivity index (χ0) is 20.2. The van der Waals surface area contributed by atoms with E-state index >= 15 is 0 Å². The quantitative estimate of drug-likeness (QED) is 0.248. The molecular formula is C17H17IN2O6S. The van der Waals surface area contributed by atoms with Gasteiger partial charge in [0.15, 0.2) is 0 Å². The summed E-state index contributed by atoms with van der Waals surface area (Å²) in [6.45, 7) is 2.76. The van der Waals surface area contributed by atoms with Crippen LogP contribution in [-0.4, -0.2) is 32.0 Å². The van der Waals surface area contributed by atoms with E-state index in [1.54, 1.807) is 38.1 Å². The zero-order valence-corrected chi connectivity index (χ0v) is 17.5. The number of nitro groups is 1. The molecule has 0 heterocycles. The number of non-ortho nitro benzene ring substituents is 1. The van der Waals surface area contributed by atoms with E-state index in [9.17, 15) is 23.3 Å². The topological polar surface area (TPSA) is 107 Å². The highest BCUT2D eigenvalue weighted by molar-refractivity contribution is 14.1. The number of benzene rings is 2. The Hall–Kier alpha value is -2.21. The molecule has 0 aliphatic heterocycles. The monoisotopic (exact) mass is 504 g/mol. The molecule has 0 aliphatic rings. The molecule has 27 heavy (non-hydrogen) atoms. The first-order valence-electron chi connectivity index (χ1n) is 7.83. The number of nitrogens with zero attached hydrogens (tertiary/aromatic N) is 2. The van der Waals surface area contributed by atoms with E-state index < -0.39 is 33.6 Å². The fourth-order valence-electron chi connectivity index (χ4n) is 2.22. The first kappa shape index (κ1) is 21.1. The van der Waals surface area contributed by atoms with Crippen LogP contribution < -0.4 is 4.31 Å². The molecule has 8 nitrogen and oxygen atoms in total. The number of anilines is 1. The zero-order valence-electron chi connectivity index (χ0n) is 14.5. The Balaban J connectivity index is 2.50. The summed E-state index contributed by atoms with van der Waals surface area (Å²) in [4.78, 5) is 22.1. The maximum Gasteiger partial charge on any atom is 0.327 e. The van der Waals surface area contributed by atoms with E-state index in [2.05, 4.69) is 22.6 Å². The third-order valence-electron chi connectivity index (χ3n) is 3.37. The number of carbonyl (C=O) groups is 1. The second-order valence-corrected chi connectivity index (χ2v) is 8.89. The molecule has 0 amide bonds. The Labute approximate surface area is 170 Å². The van der Waals surface area contributed by atoms with Crippen LogP contribution in [0.25, 0.3) is 0 Å². The van der Waals surface area contributed by atoms with Crippen molar-refractivity contribution in [2.24, 2.45) is 0 Å². The first-order chi connectivity index (χ1) is 12.6. The highest BCUT2D eigenvalue weighted by Crippen LogP contribution is 2.26. The van der Waals surface area contributed by atoms with Crippen molar-refractivity contribution in [2.45, 2.75) is 24.8 Å². The lowest BCUT2D eigenvalue weighted by molar-refractivity contribution is -0.385. The van der Waals surface area contributed by atoms with E-state index in [4.69, 9.17) is 4.74 Å². The maximum absolute atomic E-state index is 13.1. The summed E-state index contributed by atoms with van der Waals surface area (Å²) in [6.07, 6.45) is -0.406. The normalized spacial score (nSPS) is 11.3. The molecule has 0 saturated carbocycles. The van der Waals surface area contributed by atoms with Gasteiger partial charge >= 0.3 is 5.97 Å². The number of hydrogen-bond donors (Lipinski definition) is 0. The summed E-state index contributed by atoms with van der Waals surface area (Å²) < 4.78 is 33.0. The van der Waals surface area contributed by atoms with Crippen LogP contribution in [0.5, 0.6) is 0 Å². The van der Waals surface area contributed by atoms with Gasteiger partial charge in [-0.1, -0.05) is 6.07 Å². The highest BCUT2D eigenvalue weighted by atomic mass is 127. The third kappa shape index (κ3) is 5.39. The van der Waals surface area contributed by atoms with Crippen LogP contribution in [0.15, 0.2) is 53.4 Å². The first-order valence-corrected chi connectivity index (χ1v) is 10.4. The number of nitro benzene ring substituents is 1. The van der Waals surface area contributed by atoms with Gasteiger partial charge in [-0.15, -0.1) is 0 Å². The van der Waals surface area contributed by atoms with Gasteiger partial charge < -0.3 is 4.74 Å². The Morgan fingerprint density at radius 1 is 1.22 bits per heavy atom. The fourth-order valence-corrected chi connectivity index (χ4v) is 4.03. The number of hydrogen-bond acceptors (Lipinski definition) is 6. The van der Waals surface area contributed by atoms with Crippen LogP contribution in [0.4, 0.5) is 11.4 Å². The summed E-state index contributed by atoms with van der Waals surface area (Å²) >= 11 is 2.07. The van der Waals surface area contributed by atoms with Crippen LogP contribution in [0.1, 0.15) is 13.8 Å². The molecule has 0 N–H and O–H groups in total. The molecule has 0 aliphatic carbocycles. The van der Waals surface area contributed by atoms with Gasteiger partial charge in [-0.3, -0.25) is 19.2 Å². The molecule has 0 saturated heterocycles. The van der Waals surface area contributed by atoms with Crippen molar-refractivity contribution in [3.05, 3.63) is 62.2 Å². The van der Waals surface area contributed by atoms with Crippen molar-refractivity contribution in [3.63, 3.8) is 0 Å². The molecule has 0 radical (unpaired) electrons. The summed E-state index contributed by atoms with van der Waals surface area (Å²) in [6, 6.07) is 11.2. The van der Waals surface area contributed by atoms with Gasteiger partial charge in [-0.05, 0) is 66.8 Å². The molecule has 0 unspecified atom stereocenters. The molecule has 2 aromatic carbocycles. The second kappa shape index (κ2) is 8.65. The lowest BCUT2D eigenvalue weighted by Crippen LogP contribution is -2.37. The number of esters is 1. The molecule has 0 spiro atoms. The van der Waals surface area contributed by atoms with Crippen LogP contribution >= 0.6 is 22.6 Å². The van der Waals surface area contributed by atoms with E-state index in [-0.39, 0.29) is 16.3 Å². The minimum absolute atomic E-state index is 0.252. The van der Waals surface area contributed by atoms with Crippen molar-refractivity contribution in [2.75, 3.05) is 10.8 Å². The summed E-state index contributed by atoms with van der Waals surface area (Å²) in [5, 5.41) is 11.0. The lowest BCUT2D eigenvalue weighted by Gasteiger charge is -2.24. The van der Waals surface area contributed by atoms with Gasteiger partial charge in [-0.25, -0.2) is 8.42 Å². The van der Waals surface area contributed by atoms with Gasteiger partial charge in [0, 0.05) is 15.7 Å². The van der Waals surface area contributed by atoms with Crippen LogP contribution in [0.3, 0.4) is 0 Å². The van der Waals surface area contributed by atoms with E-state index in [0.29, 0.717) is 0 Å². The molecule has 2 rings (SSSR count). The number of carbonyl (C=O) groups excluding carboxylic acids is 1. The molecule has 0 bridgehead atoms. The molecule has 0 atom stereocenters. The van der Waals surface area contributed by atoms with Gasteiger partial charge in [0.1, 0.15) is 6.54 Å². The molecule has 0 fully saturated rings. The van der Waals surface area contributed by atoms with Crippen LogP contribution in [0, 0.1) is 13.7 Å². The van der Waals surface area contributed by atoms with Crippen LogP contribution in [0.2, 0.25) is 0 Å². The standard InChI is InChI=1S/C17H17IN2O6S/c1-12(2)26-17(21)11-19(14-8-6-13(18)7-9-14)27(24,25)16-5-3-4-15(10-16)20(22)23/h3-10,12H,11H2,1-2H3. The highest BCUT2D eigenvalue weighted by Gasteiger charge is 2.29. The predicted molar refractivity (Wildman–Crippen MR) is 108 cm³/mol. The summed E-state index contributed by atoms with van der Waals surface area (Å²) in [5.74, 6) is -0.724. The summed E-state index contributed by atoms with van der Waals surface area (Å²) in [7, 11) is -4.23. The van der Waals surface area contributed by atoms with Gasteiger partial charge in [0.2, 0.25) is 0 Å². The largest absolute Gasteiger partial charge is 0.462 e. The Morgan fingerprint density at radius 2 is 1.85 bits per heavy atom. The summed E-state index contributed by atoms with van der Waals surface area (Å²) in [5.41, 5.74) is -0.106. The molecule has 2 aromatic rings. The molecular weight excluding hydrogens is 487 g/mol. The van der Waals surface area contributed by atoms with Crippen molar-refractivity contribution >= 4 is 50.0 Å². The fraction of sp³-hybridized carbons (Fsp3) is 0.235. The van der Waals surface area contributed by atoms with E-state index in [1.165, 1.54) is 18.2 Å². The van der Waals surface area contributed by atoms with Gasteiger partial charge in [0.05, 0.1) is 21.6 Å². The minimum atomic E-state index is -4.23. The van der Waals surface area contributed by atoms with Crippen molar-refractivity contribution < 1.29 is 22.9 Å². The van der Waals surface area contributed by atoms with E-state index in [1.807, 2.05) is 0 Å². The maximum atomic E-state index is 13.1. The Morgan fingerprint density at radius 3 is 2.41 bits per heavy atom. The number of sulfonamides is 1. The SMILES string of the molecule is CC(C)OC(=O)CN(c1ccc(I)cc1)S(=O)(=O)c1cccc([N+](=O)[O-])c1. The van der Waals surface area contributed by atoms with Crippen LogP contribution in [-0.2, 0) is 19.6 Å². The second-order valence-electron chi connectivity index (χ2n) is 5.78.